The number of nitrogens with zero attached hydrogens (tertiary/aromatic N) is 1. The number of pyridine rings is 1. The zero-order valence-electron chi connectivity index (χ0n) is 8.27. The molecule has 0 amide bonds. The van der Waals surface area contributed by atoms with Crippen LogP contribution in [0.4, 0.5) is 0 Å². The topological polar surface area (TPSA) is 33.1 Å². The molecule has 1 N–H and O–H groups in total. The maximum atomic E-state index is 10.1. The molecule has 0 saturated carbocycles. The molecule has 1 aromatic heterocycles. The molecule has 0 radical (unpaired) electrons. The van der Waals surface area contributed by atoms with E-state index < -0.39 is 6.10 Å². The molecule has 0 bridgehead atoms. The van der Waals surface area contributed by atoms with Gasteiger partial charge in [0.25, 0.3) is 0 Å². The van der Waals surface area contributed by atoms with Crippen molar-refractivity contribution >= 4 is 23.2 Å². The van der Waals surface area contributed by atoms with Gasteiger partial charge in [-0.15, -0.1) is 0 Å². The standard InChI is InChI=1S/C12H9Cl2NO/c13-10-4-2-1-3-8(10)12(16)9-7-15-6-5-11(9)14/h1-7,12,16H/t12-/m0/s1. The van der Waals surface area contributed by atoms with Gasteiger partial charge >= 0.3 is 0 Å². The van der Waals surface area contributed by atoms with Gasteiger partial charge in [-0.3, -0.25) is 4.98 Å². The Labute approximate surface area is 103 Å². The molecule has 0 saturated heterocycles. The molecular formula is C12H9Cl2NO. The van der Waals surface area contributed by atoms with E-state index in [4.69, 9.17) is 23.2 Å². The first-order valence-electron chi connectivity index (χ1n) is 4.72. The van der Waals surface area contributed by atoms with Crippen LogP contribution >= 0.6 is 23.2 Å². The fourth-order valence-corrected chi connectivity index (χ4v) is 1.90. The Hall–Kier alpha value is -1.09. The van der Waals surface area contributed by atoms with E-state index >= 15 is 0 Å². The minimum absolute atomic E-state index is 0.474. The van der Waals surface area contributed by atoms with Gasteiger partial charge in [0.1, 0.15) is 6.10 Å². The number of benzene rings is 1. The first-order valence-corrected chi connectivity index (χ1v) is 5.47. The molecule has 0 aliphatic heterocycles. The van der Waals surface area contributed by atoms with Crippen LogP contribution in [0.2, 0.25) is 10.0 Å². The highest BCUT2D eigenvalue weighted by Gasteiger charge is 2.16. The second-order valence-corrected chi connectivity index (χ2v) is 4.14. The summed E-state index contributed by atoms with van der Waals surface area (Å²) in [5.74, 6) is 0. The van der Waals surface area contributed by atoms with E-state index in [2.05, 4.69) is 4.98 Å². The third-order valence-electron chi connectivity index (χ3n) is 2.29. The monoisotopic (exact) mass is 253 g/mol. The molecule has 1 atom stereocenters. The van der Waals surface area contributed by atoms with Gasteiger partial charge in [0.05, 0.1) is 0 Å². The van der Waals surface area contributed by atoms with Crippen molar-refractivity contribution in [2.45, 2.75) is 6.10 Å². The van der Waals surface area contributed by atoms with Crippen LogP contribution in [0, 0.1) is 0 Å². The van der Waals surface area contributed by atoms with Gasteiger partial charge in [0.15, 0.2) is 0 Å². The first-order chi connectivity index (χ1) is 7.70. The summed E-state index contributed by atoms with van der Waals surface area (Å²) in [7, 11) is 0. The number of aromatic nitrogens is 1. The average molecular weight is 254 g/mol. The zero-order valence-corrected chi connectivity index (χ0v) is 9.78. The summed E-state index contributed by atoms with van der Waals surface area (Å²) >= 11 is 12.0. The summed E-state index contributed by atoms with van der Waals surface area (Å²) in [6.45, 7) is 0. The minimum atomic E-state index is -0.852. The maximum Gasteiger partial charge on any atom is 0.108 e. The summed E-state index contributed by atoms with van der Waals surface area (Å²) < 4.78 is 0. The van der Waals surface area contributed by atoms with Crippen molar-refractivity contribution in [1.82, 2.24) is 4.98 Å². The van der Waals surface area contributed by atoms with Gasteiger partial charge in [-0.05, 0) is 12.1 Å². The smallest absolute Gasteiger partial charge is 0.108 e. The summed E-state index contributed by atoms with van der Waals surface area (Å²) in [5, 5.41) is 11.1. The van der Waals surface area contributed by atoms with E-state index in [9.17, 15) is 5.11 Å². The van der Waals surface area contributed by atoms with Crippen molar-refractivity contribution in [3.8, 4) is 0 Å². The molecule has 2 nitrogen and oxygen atoms in total. The molecule has 0 fully saturated rings. The van der Waals surface area contributed by atoms with E-state index in [0.29, 0.717) is 21.2 Å². The molecule has 1 heterocycles. The van der Waals surface area contributed by atoms with Crippen LogP contribution in [-0.2, 0) is 0 Å². The minimum Gasteiger partial charge on any atom is -0.383 e. The molecule has 16 heavy (non-hydrogen) atoms. The lowest BCUT2D eigenvalue weighted by molar-refractivity contribution is 0.220. The molecule has 2 aromatic rings. The van der Waals surface area contributed by atoms with Crippen LogP contribution in [0.5, 0.6) is 0 Å². The van der Waals surface area contributed by atoms with E-state index in [-0.39, 0.29) is 0 Å². The van der Waals surface area contributed by atoms with E-state index in [1.165, 1.54) is 6.20 Å². The highest BCUT2D eigenvalue weighted by Crippen LogP contribution is 2.31. The van der Waals surface area contributed by atoms with Crippen LogP contribution in [0.15, 0.2) is 42.7 Å². The van der Waals surface area contributed by atoms with Crippen molar-refractivity contribution in [2.75, 3.05) is 0 Å². The second-order valence-electron chi connectivity index (χ2n) is 3.32. The largest absolute Gasteiger partial charge is 0.383 e. The van der Waals surface area contributed by atoms with Crippen LogP contribution in [-0.4, -0.2) is 10.1 Å². The van der Waals surface area contributed by atoms with Gasteiger partial charge in [-0.25, -0.2) is 0 Å². The lowest BCUT2D eigenvalue weighted by Gasteiger charge is -2.13. The van der Waals surface area contributed by atoms with Crippen molar-refractivity contribution < 1.29 is 5.11 Å². The molecule has 0 aliphatic rings. The Kier molecular flexibility index (Phi) is 3.44. The van der Waals surface area contributed by atoms with Crippen molar-refractivity contribution in [2.24, 2.45) is 0 Å². The Bertz CT molecular complexity index is 456. The third-order valence-corrected chi connectivity index (χ3v) is 2.98. The number of hydrogen-bond acceptors (Lipinski definition) is 2. The highest BCUT2D eigenvalue weighted by atomic mass is 35.5. The summed E-state index contributed by atoms with van der Waals surface area (Å²) in [6, 6.07) is 8.75. The SMILES string of the molecule is O[C@@H](c1ccccc1Cl)c1cnccc1Cl. The predicted molar refractivity (Wildman–Crippen MR) is 64.8 cm³/mol. The van der Waals surface area contributed by atoms with Gasteiger partial charge in [-0.2, -0.15) is 0 Å². The number of aliphatic hydroxyl groups excluding tert-OH is 1. The van der Waals surface area contributed by atoms with Crippen molar-refractivity contribution in [3.05, 3.63) is 63.9 Å². The number of hydrogen-bond donors (Lipinski definition) is 1. The van der Waals surface area contributed by atoms with Crippen molar-refractivity contribution in [1.29, 1.82) is 0 Å². The van der Waals surface area contributed by atoms with Gasteiger partial charge in [0, 0.05) is 33.6 Å². The fourth-order valence-electron chi connectivity index (χ4n) is 1.46. The van der Waals surface area contributed by atoms with E-state index in [0.717, 1.165) is 0 Å². The quantitative estimate of drug-likeness (QED) is 0.890. The third kappa shape index (κ3) is 2.19. The zero-order chi connectivity index (χ0) is 11.5. The Morgan fingerprint density at radius 1 is 1.00 bits per heavy atom. The van der Waals surface area contributed by atoms with Gasteiger partial charge in [0.2, 0.25) is 0 Å². The average Bonchev–Trinajstić information content (AvgIpc) is 2.29. The van der Waals surface area contributed by atoms with E-state index in [1.807, 2.05) is 12.1 Å². The Morgan fingerprint density at radius 2 is 1.69 bits per heavy atom. The molecular weight excluding hydrogens is 245 g/mol. The molecule has 4 heteroatoms. The Morgan fingerprint density at radius 3 is 2.38 bits per heavy atom. The van der Waals surface area contributed by atoms with Crippen molar-refractivity contribution in [3.63, 3.8) is 0 Å². The van der Waals surface area contributed by atoms with E-state index in [1.54, 1.807) is 24.4 Å². The fraction of sp³-hybridized carbons (Fsp3) is 0.0833. The molecule has 0 aliphatic carbocycles. The number of rotatable bonds is 2. The van der Waals surface area contributed by atoms with Crippen LogP contribution in [0.25, 0.3) is 0 Å². The molecule has 0 unspecified atom stereocenters. The summed E-state index contributed by atoms with van der Waals surface area (Å²) in [5.41, 5.74) is 1.18. The van der Waals surface area contributed by atoms with Crippen LogP contribution in [0.3, 0.4) is 0 Å². The predicted octanol–water partition coefficient (Wildman–Crippen LogP) is 3.47. The lowest BCUT2D eigenvalue weighted by Crippen LogP contribution is -2.01. The second kappa shape index (κ2) is 4.83. The molecule has 2 rings (SSSR count). The Balaban J connectivity index is 2.44. The van der Waals surface area contributed by atoms with Crippen LogP contribution in [0.1, 0.15) is 17.2 Å². The highest BCUT2D eigenvalue weighted by molar-refractivity contribution is 6.32. The molecule has 0 spiro atoms. The number of aliphatic hydroxyl groups is 1. The summed E-state index contributed by atoms with van der Waals surface area (Å²) in [6.07, 6.45) is 2.26. The van der Waals surface area contributed by atoms with Crippen LogP contribution < -0.4 is 0 Å². The van der Waals surface area contributed by atoms with Gasteiger partial charge in [-0.1, -0.05) is 41.4 Å². The van der Waals surface area contributed by atoms with Gasteiger partial charge < -0.3 is 5.11 Å². The molecule has 1 aromatic carbocycles. The summed E-state index contributed by atoms with van der Waals surface area (Å²) in [4.78, 5) is 3.93. The normalized spacial score (nSPS) is 12.4. The lowest BCUT2D eigenvalue weighted by atomic mass is 10.0. The first kappa shape index (κ1) is 11.4. The molecule has 82 valence electrons. The maximum absolute atomic E-state index is 10.1. The number of halogens is 2.